The van der Waals surface area contributed by atoms with Crippen LogP contribution in [0.2, 0.25) is 0 Å². The Morgan fingerprint density at radius 3 is 1.56 bits per heavy atom. The van der Waals surface area contributed by atoms with Gasteiger partial charge in [0.15, 0.2) is 5.83 Å². The monoisotopic (exact) mass is 252 g/mol. The van der Waals surface area contributed by atoms with E-state index in [1.807, 2.05) is 0 Å². The zero-order valence-corrected chi connectivity index (χ0v) is 6.93. The summed E-state index contributed by atoms with van der Waals surface area (Å²) < 4.78 is 99.5. The van der Waals surface area contributed by atoms with Crippen molar-refractivity contribution in [1.29, 1.82) is 0 Å². The second kappa shape index (κ2) is 3.29. The predicted molar refractivity (Wildman–Crippen MR) is 33.4 cm³/mol. The minimum atomic E-state index is -5.95. The van der Waals surface area contributed by atoms with E-state index in [0.717, 1.165) is 0 Å². The molecule has 0 spiro atoms. The highest BCUT2D eigenvalue weighted by Crippen LogP contribution is 2.48. The number of alkyl halides is 4. The normalized spacial score (nSPS) is 24.9. The maximum Gasteiger partial charge on any atom is 0.381 e. The van der Waals surface area contributed by atoms with Crippen molar-refractivity contribution in [2.45, 2.75) is 11.8 Å². The molecular weight excluding hydrogens is 252 g/mol. The SMILES string of the molecule is O=C1C(F)=C(F)C(F)=C(F)C(F)(F)C1(F)F. The van der Waals surface area contributed by atoms with Crippen molar-refractivity contribution in [2.24, 2.45) is 0 Å². The fourth-order valence-electron chi connectivity index (χ4n) is 0.848. The molecule has 0 saturated heterocycles. The Balaban J connectivity index is 3.63. The van der Waals surface area contributed by atoms with Gasteiger partial charge in [-0.25, -0.2) is 13.2 Å². The second-order valence-corrected chi connectivity index (χ2v) is 2.73. The van der Waals surface area contributed by atoms with Gasteiger partial charge in [-0.2, -0.15) is 22.0 Å². The number of hydrogen-bond acceptors (Lipinski definition) is 1. The van der Waals surface area contributed by atoms with Gasteiger partial charge in [0, 0.05) is 0 Å². The molecule has 0 aromatic heterocycles. The van der Waals surface area contributed by atoms with Crippen LogP contribution in [0.4, 0.5) is 35.1 Å². The van der Waals surface area contributed by atoms with Crippen molar-refractivity contribution in [3.8, 4) is 0 Å². The first-order chi connectivity index (χ1) is 7.05. The summed E-state index contributed by atoms with van der Waals surface area (Å²) in [5, 5.41) is 0. The maximum absolute atomic E-state index is 12.5. The fourth-order valence-corrected chi connectivity index (χ4v) is 0.848. The van der Waals surface area contributed by atoms with Gasteiger partial charge in [-0.3, -0.25) is 4.79 Å². The number of carbonyl (C=O) groups excluding carboxylic acids is 1. The van der Waals surface area contributed by atoms with Crippen LogP contribution in [-0.4, -0.2) is 17.6 Å². The highest BCUT2D eigenvalue weighted by molar-refractivity contribution is 6.01. The Morgan fingerprint density at radius 2 is 1.12 bits per heavy atom. The van der Waals surface area contributed by atoms with Gasteiger partial charge in [0.2, 0.25) is 17.5 Å². The largest absolute Gasteiger partial charge is 0.381 e. The number of carbonyl (C=O) groups is 1. The van der Waals surface area contributed by atoms with Crippen LogP contribution in [-0.2, 0) is 4.79 Å². The molecule has 0 atom stereocenters. The molecule has 0 aromatic carbocycles. The molecule has 0 heterocycles. The number of ketones is 1. The van der Waals surface area contributed by atoms with Gasteiger partial charge < -0.3 is 0 Å². The van der Waals surface area contributed by atoms with Gasteiger partial charge in [0.25, 0.3) is 5.78 Å². The third kappa shape index (κ3) is 1.34. The molecule has 1 nitrogen and oxygen atoms in total. The summed E-state index contributed by atoms with van der Waals surface area (Å²) in [6, 6.07) is 0. The average Bonchev–Trinajstić information content (AvgIpc) is 2.24. The van der Waals surface area contributed by atoms with Crippen molar-refractivity contribution in [1.82, 2.24) is 0 Å². The number of allylic oxidation sites excluding steroid dienone is 4. The van der Waals surface area contributed by atoms with Crippen LogP contribution in [0.15, 0.2) is 23.3 Å². The molecular formula is C7F8O. The van der Waals surface area contributed by atoms with Crippen molar-refractivity contribution >= 4 is 5.78 Å². The predicted octanol–water partition coefficient (Wildman–Crippen LogP) is 3.14. The highest BCUT2D eigenvalue weighted by atomic mass is 19.3. The Labute approximate surface area is 82.0 Å². The second-order valence-electron chi connectivity index (χ2n) is 2.73. The Kier molecular flexibility index (Phi) is 2.60. The third-order valence-electron chi connectivity index (χ3n) is 1.73. The molecule has 0 unspecified atom stereocenters. The molecule has 90 valence electrons. The molecule has 0 aromatic rings. The van der Waals surface area contributed by atoms with Crippen LogP contribution in [0.3, 0.4) is 0 Å². The quantitative estimate of drug-likeness (QED) is 0.605. The van der Waals surface area contributed by atoms with Crippen LogP contribution in [0, 0.1) is 0 Å². The Morgan fingerprint density at radius 1 is 0.688 bits per heavy atom. The summed E-state index contributed by atoms with van der Waals surface area (Å²) in [4.78, 5) is 10.3. The summed E-state index contributed by atoms with van der Waals surface area (Å²) in [6.07, 6.45) is 0. The minimum absolute atomic E-state index is 3.01. The van der Waals surface area contributed by atoms with Crippen LogP contribution >= 0.6 is 0 Å². The lowest BCUT2D eigenvalue weighted by atomic mass is 10.1. The summed E-state index contributed by atoms with van der Waals surface area (Å²) in [6.45, 7) is 0. The smallest absolute Gasteiger partial charge is 0.284 e. The van der Waals surface area contributed by atoms with Crippen molar-refractivity contribution in [3.63, 3.8) is 0 Å². The first-order valence-electron chi connectivity index (χ1n) is 3.47. The molecule has 0 fully saturated rings. The van der Waals surface area contributed by atoms with Gasteiger partial charge >= 0.3 is 11.8 Å². The third-order valence-corrected chi connectivity index (χ3v) is 1.73. The van der Waals surface area contributed by atoms with Crippen LogP contribution in [0.1, 0.15) is 0 Å². The van der Waals surface area contributed by atoms with Crippen LogP contribution in [0.5, 0.6) is 0 Å². The fraction of sp³-hybridized carbons (Fsp3) is 0.286. The number of Topliss-reactive ketones (excluding diaryl/α,β-unsaturated/α-hetero) is 1. The molecule has 0 bridgehead atoms. The van der Waals surface area contributed by atoms with E-state index in [9.17, 15) is 39.9 Å². The first-order valence-corrected chi connectivity index (χ1v) is 3.47. The molecule has 0 radical (unpaired) electrons. The van der Waals surface area contributed by atoms with E-state index in [1.165, 1.54) is 0 Å². The lowest BCUT2D eigenvalue weighted by Crippen LogP contribution is -2.47. The van der Waals surface area contributed by atoms with Gasteiger partial charge in [-0.15, -0.1) is 0 Å². The summed E-state index contributed by atoms with van der Waals surface area (Å²) in [7, 11) is 0. The minimum Gasteiger partial charge on any atom is -0.284 e. The molecule has 0 N–H and O–H groups in total. The van der Waals surface area contributed by atoms with E-state index in [1.54, 1.807) is 0 Å². The van der Waals surface area contributed by atoms with Crippen LogP contribution in [0.25, 0.3) is 0 Å². The van der Waals surface area contributed by atoms with Crippen molar-refractivity contribution < 1.29 is 39.9 Å². The highest BCUT2D eigenvalue weighted by Gasteiger charge is 2.68. The molecule has 1 rings (SSSR count). The summed E-state index contributed by atoms with van der Waals surface area (Å²) in [5.74, 6) is -28.0. The number of rotatable bonds is 0. The lowest BCUT2D eigenvalue weighted by Gasteiger charge is -2.21. The average molecular weight is 252 g/mol. The molecule has 0 saturated carbocycles. The summed E-state index contributed by atoms with van der Waals surface area (Å²) >= 11 is 0. The van der Waals surface area contributed by atoms with E-state index in [-0.39, 0.29) is 0 Å². The Hall–Kier alpha value is -1.41. The number of hydrogen-bond donors (Lipinski definition) is 0. The van der Waals surface area contributed by atoms with Gasteiger partial charge in [0.05, 0.1) is 0 Å². The first kappa shape index (κ1) is 12.7. The van der Waals surface area contributed by atoms with E-state index in [2.05, 4.69) is 0 Å². The lowest BCUT2D eigenvalue weighted by molar-refractivity contribution is -0.196. The molecule has 16 heavy (non-hydrogen) atoms. The van der Waals surface area contributed by atoms with Crippen molar-refractivity contribution in [3.05, 3.63) is 23.3 Å². The van der Waals surface area contributed by atoms with E-state index in [4.69, 9.17) is 0 Å². The molecule has 9 heteroatoms. The van der Waals surface area contributed by atoms with Crippen molar-refractivity contribution in [2.75, 3.05) is 0 Å². The van der Waals surface area contributed by atoms with E-state index in [0.29, 0.717) is 0 Å². The number of halogens is 8. The molecule has 1 aliphatic rings. The zero-order chi connectivity index (χ0) is 12.9. The maximum atomic E-state index is 12.5. The zero-order valence-electron chi connectivity index (χ0n) is 6.93. The standard InChI is InChI=1S/C7F8O/c8-1-2(9)4(11)6(12,13)7(14,15)5(16)3(1)10. The van der Waals surface area contributed by atoms with Gasteiger partial charge in [-0.1, -0.05) is 0 Å². The van der Waals surface area contributed by atoms with E-state index >= 15 is 0 Å². The molecule has 0 aliphatic heterocycles. The molecule has 0 amide bonds. The Bertz CT molecular complexity index is 418. The summed E-state index contributed by atoms with van der Waals surface area (Å²) in [5.41, 5.74) is 0. The van der Waals surface area contributed by atoms with E-state index < -0.39 is 40.9 Å². The van der Waals surface area contributed by atoms with Gasteiger partial charge in [0.1, 0.15) is 0 Å². The van der Waals surface area contributed by atoms with Crippen LogP contribution < -0.4 is 0 Å². The van der Waals surface area contributed by atoms with Gasteiger partial charge in [-0.05, 0) is 0 Å². The topological polar surface area (TPSA) is 17.1 Å². The molecule has 1 aliphatic carbocycles.